The molecule has 0 aliphatic rings. The Bertz CT molecular complexity index is 537. The predicted molar refractivity (Wildman–Crippen MR) is 88.0 cm³/mol. The van der Waals surface area contributed by atoms with Crippen LogP contribution in [-0.2, 0) is 6.42 Å². The predicted octanol–water partition coefficient (Wildman–Crippen LogP) is 5.87. The lowest BCUT2D eigenvalue weighted by Gasteiger charge is -2.20. The van der Waals surface area contributed by atoms with Crippen molar-refractivity contribution >= 4 is 0 Å². The maximum absolute atomic E-state index is 3.49. The fourth-order valence-corrected chi connectivity index (χ4v) is 2.71. The summed E-state index contributed by atoms with van der Waals surface area (Å²) in [5.41, 5.74) is 5.57. The molecule has 0 amide bonds. The van der Waals surface area contributed by atoms with Crippen molar-refractivity contribution in [3.05, 3.63) is 59.7 Å². The van der Waals surface area contributed by atoms with E-state index in [1.165, 1.54) is 28.7 Å². The third-order valence-electron chi connectivity index (χ3n) is 3.93. The molecular formula is C20H25. The van der Waals surface area contributed by atoms with E-state index in [0.29, 0.717) is 11.8 Å². The Morgan fingerprint density at radius 2 is 1.70 bits per heavy atom. The summed E-state index contributed by atoms with van der Waals surface area (Å²) in [6.07, 6.45) is 2.26. The lowest BCUT2D eigenvalue weighted by molar-refractivity contribution is 0.645. The second-order valence-electron chi connectivity index (χ2n) is 6.06. The fourth-order valence-electron chi connectivity index (χ4n) is 2.71. The first-order valence-electron chi connectivity index (χ1n) is 7.72. The summed E-state index contributed by atoms with van der Waals surface area (Å²) in [6, 6.07) is 18.6. The van der Waals surface area contributed by atoms with Crippen LogP contribution in [0.25, 0.3) is 11.1 Å². The first kappa shape index (κ1) is 14.8. The van der Waals surface area contributed by atoms with Crippen LogP contribution in [0.5, 0.6) is 0 Å². The minimum absolute atomic E-state index is 0.589. The molecule has 1 radical (unpaired) electrons. The normalized spacial score (nSPS) is 12.7. The van der Waals surface area contributed by atoms with Crippen molar-refractivity contribution in [3.8, 4) is 11.1 Å². The van der Waals surface area contributed by atoms with Crippen LogP contribution in [0.4, 0.5) is 0 Å². The van der Waals surface area contributed by atoms with E-state index in [1.807, 2.05) is 0 Å². The van der Waals surface area contributed by atoms with Gasteiger partial charge in [-0.3, -0.25) is 0 Å². The molecule has 0 N–H and O–H groups in total. The molecule has 20 heavy (non-hydrogen) atoms. The van der Waals surface area contributed by atoms with E-state index in [1.54, 1.807) is 0 Å². The Morgan fingerprint density at radius 1 is 1.00 bits per heavy atom. The number of hydrogen-bond donors (Lipinski definition) is 0. The maximum Gasteiger partial charge on any atom is -0.0111 e. The second-order valence-corrected chi connectivity index (χ2v) is 6.06. The molecule has 0 aliphatic heterocycles. The molecule has 0 saturated carbocycles. The zero-order valence-electron chi connectivity index (χ0n) is 13.1. The van der Waals surface area contributed by atoms with E-state index in [4.69, 9.17) is 0 Å². The van der Waals surface area contributed by atoms with E-state index in [0.717, 1.165) is 6.42 Å². The number of hydrogen-bond acceptors (Lipinski definition) is 0. The van der Waals surface area contributed by atoms with Crippen molar-refractivity contribution in [2.24, 2.45) is 5.92 Å². The van der Waals surface area contributed by atoms with Crippen LogP contribution >= 0.6 is 0 Å². The first-order chi connectivity index (χ1) is 9.63. The highest BCUT2D eigenvalue weighted by atomic mass is 14.2. The Kier molecular flexibility index (Phi) is 5.00. The van der Waals surface area contributed by atoms with Crippen LogP contribution in [0, 0.1) is 12.0 Å². The summed E-state index contributed by atoms with van der Waals surface area (Å²) in [6.45, 7) is 9.14. The molecule has 2 aromatic carbocycles. The minimum Gasteiger partial charge on any atom is -0.0648 e. The Hall–Kier alpha value is -1.56. The Balaban J connectivity index is 2.59. The molecule has 105 valence electrons. The highest BCUT2D eigenvalue weighted by Crippen LogP contribution is 2.34. The average molecular weight is 265 g/mol. The van der Waals surface area contributed by atoms with Crippen molar-refractivity contribution < 1.29 is 0 Å². The summed E-state index contributed by atoms with van der Waals surface area (Å²) in [4.78, 5) is 0. The molecular weight excluding hydrogens is 240 g/mol. The summed E-state index contributed by atoms with van der Waals surface area (Å²) in [7, 11) is 0. The van der Waals surface area contributed by atoms with Crippen LogP contribution in [0.1, 0.15) is 51.2 Å². The van der Waals surface area contributed by atoms with Crippen LogP contribution in [0.15, 0.2) is 42.5 Å². The van der Waals surface area contributed by atoms with Crippen molar-refractivity contribution in [3.63, 3.8) is 0 Å². The largest absolute Gasteiger partial charge is 0.0648 e. The van der Waals surface area contributed by atoms with E-state index >= 15 is 0 Å². The highest BCUT2D eigenvalue weighted by Gasteiger charge is 2.15. The topological polar surface area (TPSA) is 0 Å². The van der Waals surface area contributed by atoms with Gasteiger partial charge in [-0.2, -0.15) is 0 Å². The van der Waals surface area contributed by atoms with E-state index in [-0.39, 0.29) is 0 Å². The van der Waals surface area contributed by atoms with Gasteiger partial charge in [0.25, 0.3) is 0 Å². The SMILES string of the molecule is CCC(C)c1cc[c]c(CC(C)C)c1-c1ccccc1. The Labute approximate surface area is 123 Å². The zero-order valence-corrected chi connectivity index (χ0v) is 13.1. The van der Waals surface area contributed by atoms with Gasteiger partial charge in [0.15, 0.2) is 0 Å². The van der Waals surface area contributed by atoms with Crippen molar-refractivity contribution in [1.82, 2.24) is 0 Å². The molecule has 1 unspecified atom stereocenters. The van der Waals surface area contributed by atoms with Crippen molar-refractivity contribution in [2.75, 3.05) is 0 Å². The molecule has 0 nitrogen and oxygen atoms in total. The standard InChI is InChI=1S/C20H25/c1-5-16(4)19-13-9-12-18(14-15(2)3)20(19)17-10-7-6-8-11-17/h6-11,13,15-16H,5,14H2,1-4H3. The molecule has 2 rings (SSSR count). The van der Waals surface area contributed by atoms with E-state index < -0.39 is 0 Å². The quantitative estimate of drug-likeness (QED) is 0.634. The third kappa shape index (κ3) is 3.30. The van der Waals surface area contributed by atoms with Crippen molar-refractivity contribution in [2.45, 2.75) is 46.5 Å². The van der Waals surface area contributed by atoms with Crippen LogP contribution in [-0.4, -0.2) is 0 Å². The molecule has 0 heteroatoms. The molecule has 0 spiro atoms. The highest BCUT2D eigenvalue weighted by molar-refractivity contribution is 5.71. The third-order valence-corrected chi connectivity index (χ3v) is 3.93. The molecule has 2 aromatic rings. The van der Waals surface area contributed by atoms with Gasteiger partial charge in [-0.1, -0.05) is 70.2 Å². The number of rotatable bonds is 5. The zero-order chi connectivity index (χ0) is 14.5. The summed E-state index contributed by atoms with van der Waals surface area (Å²) < 4.78 is 0. The second kappa shape index (κ2) is 6.74. The monoisotopic (exact) mass is 265 g/mol. The van der Waals surface area contributed by atoms with E-state index in [2.05, 4.69) is 76.2 Å². The summed E-state index contributed by atoms with van der Waals surface area (Å²) in [5, 5.41) is 0. The molecule has 0 aromatic heterocycles. The van der Waals surface area contributed by atoms with Gasteiger partial charge in [0, 0.05) is 0 Å². The molecule has 0 heterocycles. The van der Waals surface area contributed by atoms with Crippen LogP contribution in [0.2, 0.25) is 0 Å². The molecule has 0 fully saturated rings. The van der Waals surface area contributed by atoms with Crippen LogP contribution < -0.4 is 0 Å². The number of benzene rings is 2. The smallest absolute Gasteiger partial charge is 0.0111 e. The molecule has 0 aliphatic carbocycles. The average Bonchev–Trinajstić information content (AvgIpc) is 2.46. The summed E-state index contributed by atoms with van der Waals surface area (Å²) in [5.74, 6) is 1.24. The van der Waals surface area contributed by atoms with Gasteiger partial charge in [-0.25, -0.2) is 0 Å². The van der Waals surface area contributed by atoms with Crippen molar-refractivity contribution in [1.29, 1.82) is 0 Å². The lowest BCUT2D eigenvalue weighted by atomic mass is 9.85. The van der Waals surface area contributed by atoms with Gasteiger partial charge >= 0.3 is 0 Å². The van der Waals surface area contributed by atoms with Crippen LogP contribution in [0.3, 0.4) is 0 Å². The van der Waals surface area contributed by atoms with Gasteiger partial charge in [0.2, 0.25) is 0 Å². The molecule has 0 bridgehead atoms. The molecule has 0 saturated heterocycles. The van der Waals surface area contributed by atoms with Gasteiger partial charge < -0.3 is 0 Å². The lowest BCUT2D eigenvalue weighted by Crippen LogP contribution is -2.03. The van der Waals surface area contributed by atoms with E-state index in [9.17, 15) is 0 Å². The minimum atomic E-state index is 0.589. The van der Waals surface area contributed by atoms with Gasteiger partial charge in [0.1, 0.15) is 0 Å². The summed E-state index contributed by atoms with van der Waals surface area (Å²) >= 11 is 0. The van der Waals surface area contributed by atoms with Gasteiger partial charge in [0.05, 0.1) is 0 Å². The van der Waals surface area contributed by atoms with Gasteiger partial charge in [-0.05, 0) is 53.0 Å². The Morgan fingerprint density at radius 3 is 2.30 bits per heavy atom. The van der Waals surface area contributed by atoms with Gasteiger partial charge in [-0.15, -0.1) is 0 Å². The fraction of sp³-hybridized carbons (Fsp3) is 0.400. The first-order valence-corrected chi connectivity index (χ1v) is 7.72. The molecule has 1 atom stereocenters. The maximum atomic E-state index is 3.49.